The zero-order chi connectivity index (χ0) is 18.5. The maximum absolute atomic E-state index is 12.4. The second kappa shape index (κ2) is 7.94. The fourth-order valence-electron chi connectivity index (χ4n) is 3.21. The third-order valence-corrected chi connectivity index (χ3v) is 4.64. The first-order valence-electron chi connectivity index (χ1n) is 8.71. The van der Waals surface area contributed by atoms with Crippen molar-refractivity contribution in [2.24, 2.45) is 0 Å². The van der Waals surface area contributed by atoms with Crippen LogP contribution in [0.5, 0.6) is 0 Å². The molecule has 0 saturated carbocycles. The van der Waals surface area contributed by atoms with Gasteiger partial charge in [-0.2, -0.15) is 5.26 Å². The Balaban J connectivity index is 1.62. The minimum absolute atomic E-state index is 0.00481. The van der Waals surface area contributed by atoms with E-state index >= 15 is 0 Å². The fourth-order valence-corrected chi connectivity index (χ4v) is 3.21. The van der Waals surface area contributed by atoms with Crippen LogP contribution in [0.4, 0.5) is 5.69 Å². The number of hydrogen-bond donors (Lipinski definition) is 1. The van der Waals surface area contributed by atoms with E-state index in [0.717, 1.165) is 41.0 Å². The maximum atomic E-state index is 12.4. The summed E-state index contributed by atoms with van der Waals surface area (Å²) in [7, 11) is 0. The standard InChI is InChI=1S/C21H22N4O/c1-15-5-3-6-16(2)20(15)24-19(26)14-25-11-8-17(9-12-25)21-18(13-22)7-4-10-23-21/h3-8,10H,9,11-12,14H2,1-2H3,(H,24,26). The van der Waals surface area contributed by atoms with E-state index in [1.807, 2.05) is 32.0 Å². The number of benzene rings is 1. The number of pyridine rings is 1. The number of para-hydroxylation sites is 1. The first-order valence-corrected chi connectivity index (χ1v) is 8.71. The van der Waals surface area contributed by atoms with Crippen molar-refractivity contribution in [1.29, 1.82) is 5.26 Å². The van der Waals surface area contributed by atoms with Crippen LogP contribution in [0, 0.1) is 25.2 Å². The van der Waals surface area contributed by atoms with Crippen LogP contribution in [0.1, 0.15) is 28.8 Å². The van der Waals surface area contributed by atoms with E-state index in [4.69, 9.17) is 0 Å². The highest BCUT2D eigenvalue weighted by atomic mass is 16.2. The molecule has 1 aromatic carbocycles. The number of hydrogen-bond acceptors (Lipinski definition) is 4. The zero-order valence-corrected chi connectivity index (χ0v) is 15.1. The molecule has 26 heavy (non-hydrogen) atoms. The number of aromatic nitrogens is 1. The molecule has 0 saturated heterocycles. The number of amides is 1. The minimum atomic E-state index is -0.00481. The second-order valence-electron chi connectivity index (χ2n) is 6.54. The summed E-state index contributed by atoms with van der Waals surface area (Å²) in [5, 5.41) is 12.3. The first-order chi connectivity index (χ1) is 12.6. The Kier molecular flexibility index (Phi) is 5.45. The monoisotopic (exact) mass is 346 g/mol. The Bertz CT molecular complexity index is 875. The normalized spacial score (nSPS) is 14.4. The van der Waals surface area contributed by atoms with Crippen LogP contribution >= 0.6 is 0 Å². The van der Waals surface area contributed by atoms with Crippen molar-refractivity contribution in [2.45, 2.75) is 20.3 Å². The lowest BCUT2D eigenvalue weighted by Crippen LogP contribution is -2.36. The van der Waals surface area contributed by atoms with Crippen molar-refractivity contribution in [3.63, 3.8) is 0 Å². The predicted molar refractivity (Wildman–Crippen MR) is 103 cm³/mol. The molecule has 2 aromatic rings. The molecule has 0 aliphatic carbocycles. The molecule has 5 heteroatoms. The van der Waals surface area contributed by atoms with E-state index in [0.29, 0.717) is 18.7 Å². The van der Waals surface area contributed by atoms with E-state index in [1.54, 1.807) is 18.3 Å². The molecule has 132 valence electrons. The lowest BCUT2D eigenvalue weighted by Gasteiger charge is -2.26. The summed E-state index contributed by atoms with van der Waals surface area (Å²) < 4.78 is 0. The molecule has 1 amide bonds. The van der Waals surface area contributed by atoms with Gasteiger partial charge in [-0.05, 0) is 49.1 Å². The van der Waals surface area contributed by atoms with Crippen LogP contribution in [0.25, 0.3) is 5.57 Å². The molecule has 1 N–H and O–H groups in total. The summed E-state index contributed by atoms with van der Waals surface area (Å²) in [6.45, 7) is 5.80. The maximum Gasteiger partial charge on any atom is 0.238 e. The highest BCUT2D eigenvalue weighted by molar-refractivity contribution is 5.93. The molecule has 0 bridgehead atoms. The lowest BCUT2D eigenvalue weighted by molar-refractivity contribution is -0.117. The Hall–Kier alpha value is -2.97. The number of anilines is 1. The van der Waals surface area contributed by atoms with Crippen molar-refractivity contribution in [3.05, 3.63) is 65.0 Å². The van der Waals surface area contributed by atoms with E-state index in [1.165, 1.54) is 0 Å². The van der Waals surface area contributed by atoms with Gasteiger partial charge >= 0.3 is 0 Å². The lowest BCUT2D eigenvalue weighted by atomic mass is 10.0. The molecule has 0 unspecified atom stereocenters. The summed E-state index contributed by atoms with van der Waals surface area (Å²) in [6.07, 6.45) is 4.56. The summed E-state index contributed by atoms with van der Waals surface area (Å²) in [5.74, 6) is -0.00481. The summed E-state index contributed by atoms with van der Waals surface area (Å²) in [5.41, 5.74) is 5.47. The summed E-state index contributed by atoms with van der Waals surface area (Å²) in [6, 6.07) is 11.7. The van der Waals surface area contributed by atoms with E-state index in [2.05, 4.69) is 27.3 Å². The van der Waals surface area contributed by atoms with Crippen LogP contribution in [-0.2, 0) is 4.79 Å². The number of nitriles is 1. The smallest absolute Gasteiger partial charge is 0.238 e. The minimum Gasteiger partial charge on any atom is -0.324 e. The number of carbonyl (C=O) groups excluding carboxylic acids is 1. The fraction of sp³-hybridized carbons (Fsp3) is 0.286. The number of carbonyl (C=O) groups is 1. The molecule has 1 aliphatic heterocycles. The number of nitrogens with zero attached hydrogens (tertiary/aromatic N) is 3. The molecule has 1 aliphatic rings. The average Bonchev–Trinajstić information content (AvgIpc) is 2.65. The van der Waals surface area contributed by atoms with Crippen molar-refractivity contribution >= 4 is 17.2 Å². The van der Waals surface area contributed by atoms with Crippen LogP contribution in [0.15, 0.2) is 42.6 Å². The van der Waals surface area contributed by atoms with E-state index < -0.39 is 0 Å². The van der Waals surface area contributed by atoms with Gasteiger partial charge in [0, 0.05) is 25.0 Å². The summed E-state index contributed by atoms with van der Waals surface area (Å²) in [4.78, 5) is 18.9. The van der Waals surface area contributed by atoms with Gasteiger partial charge in [0.15, 0.2) is 0 Å². The molecule has 3 rings (SSSR count). The molecule has 0 fully saturated rings. The van der Waals surface area contributed by atoms with Gasteiger partial charge in [0.25, 0.3) is 0 Å². The van der Waals surface area contributed by atoms with Gasteiger partial charge in [-0.15, -0.1) is 0 Å². The highest BCUT2D eigenvalue weighted by Gasteiger charge is 2.18. The second-order valence-corrected chi connectivity index (χ2v) is 6.54. The molecule has 2 heterocycles. The van der Waals surface area contributed by atoms with E-state index in [-0.39, 0.29) is 5.91 Å². The third-order valence-electron chi connectivity index (χ3n) is 4.64. The van der Waals surface area contributed by atoms with Crippen LogP contribution in [0.3, 0.4) is 0 Å². The average molecular weight is 346 g/mol. The van der Waals surface area contributed by atoms with Crippen LogP contribution < -0.4 is 5.32 Å². The quantitative estimate of drug-likeness (QED) is 0.922. The molecule has 0 atom stereocenters. The zero-order valence-electron chi connectivity index (χ0n) is 15.1. The van der Waals surface area contributed by atoms with Gasteiger partial charge in [0.1, 0.15) is 6.07 Å². The van der Waals surface area contributed by atoms with Gasteiger partial charge in [-0.1, -0.05) is 24.3 Å². The first kappa shape index (κ1) is 17.8. The summed E-state index contributed by atoms with van der Waals surface area (Å²) >= 11 is 0. The SMILES string of the molecule is Cc1cccc(C)c1NC(=O)CN1CC=C(c2ncccc2C#N)CC1. The Morgan fingerprint density at radius 1 is 1.27 bits per heavy atom. The Labute approximate surface area is 154 Å². The molecular weight excluding hydrogens is 324 g/mol. The van der Waals surface area contributed by atoms with Gasteiger partial charge in [0.2, 0.25) is 5.91 Å². The predicted octanol–water partition coefficient (Wildman–Crippen LogP) is 3.30. The largest absolute Gasteiger partial charge is 0.324 e. The van der Waals surface area contributed by atoms with Gasteiger partial charge in [-0.25, -0.2) is 0 Å². The Morgan fingerprint density at radius 3 is 2.69 bits per heavy atom. The van der Waals surface area contributed by atoms with Crippen LogP contribution in [-0.4, -0.2) is 35.4 Å². The van der Waals surface area contributed by atoms with Crippen molar-refractivity contribution in [2.75, 3.05) is 25.0 Å². The van der Waals surface area contributed by atoms with Gasteiger partial charge < -0.3 is 5.32 Å². The van der Waals surface area contributed by atoms with Crippen molar-refractivity contribution in [3.8, 4) is 6.07 Å². The topological polar surface area (TPSA) is 69.0 Å². The van der Waals surface area contributed by atoms with Crippen molar-refractivity contribution < 1.29 is 4.79 Å². The number of nitrogens with one attached hydrogen (secondary N) is 1. The molecule has 0 spiro atoms. The number of aryl methyl sites for hydroxylation is 2. The molecule has 1 aromatic heterocycles. The van der Waals surface area contributed by atoms with Gasteiger partial charge in [-0.3, -0.25) is 14.7 Å². The number of rotatable bonds is 4. The molecule has 5 nitrogen and oxygen atoms in total. The molecular formula is C21H22N4O. The van der Waals surface area contributed by atoms with Crippen LogP contribution in [0.2, 0.25) is 0 Å². The molecule has 0 radical (unpaired) electrons. The highest BCUT2D eigenvalue weighted by Crippen LogP contribution is 2.23. The Morgan fingerprint density at radius 2 is 2.04 bits per heavy atom. The van der Waals surface area contributed by atoms with Crippen molar-refractivity contribution in [1.82, 2.24) is 9.88 Å². The van der Waals surface area contributed by atoms with Gasteiger partial charge in [0.05, 0.1) is 17.8 Å². The third kappa shape index (κ3) is 3.98. The van der Waals surface area contributed by atoms with E-state index in [9.17, 15) is 10.1 Å².